The van der Waals surface area contributed by atoms with Crippen LogP contribution in [0.3, 0.4) is 0 Å². The Balaban J connectivity index is -0.000000686. The van der Waals surface area contributed by atoms with E-state index in [4.69, 9.17) is 30.6 Å². The van der Waals surface area contributed by atoms with Gasteiger partial charge in [0.05, 0.1) is 39.8 Å². The zero-order valence-electron chi connectivity index (χ0n) is 24.6. The van der Waals surface area contributed by atoms with Gasteiger partial charge in [-0.3, -0.25) is 0 Å². The van der Waals surface area contributed by atoms with Crippen LogP contribution in [0.2, 0.25) is 0 Å². The maximum atomic E-state index is 11.9. The first kappa shape index (κ1) is 46.5. The summed E-state index contributed by atoms with van der Waals surface area (Å²) in [7, 11) is 0. The van der Waals surface area contributed by atoms with E-state index in [-0.39, 0.29) is 152 Å². The number of carbonyl (C=O) groups is 2. The first-order chi connectivity index (χ1) is 19.6. The first-order valence-electron chi connectivity index (χ1n) is 10.8. The summed E-state index contributed by atoms with van der Waals surface area (Å²) >= 11 is 0. The molecular weight excluding hydrogens is 628 g/mol. The van der Waals surface area contributed by atoms with E-state index in [9.17, 15) is 24.9 Å². The molecule has 0 spiro atoms. The summed E-state index contributed by atoms with van der Waals surface area (Å²) < 4.78 is 8.93. The van der Waals surface area contributed by atoms with Crippen LogP contribution in [0, 0.1) is 52.2 Å². The average Bonchev–Trinajstić information content (AvgIpc) is 2.96. The standard InChI is InChI=1S/C14H6N2O6.C13H8N2O.CO2.4Na/c15-5-9-10(6-16)12(22-14(19)20)8-4-2-1-3-7(8)11(9)21-13(17)18;1-8-9-4-2-3-5-10(9)13(16)12(7-15)11(8)6-14;2-1-3;;;;/h1-4H,(H,17,18)(H,19,20);2-5,16H,1H3;;;;;/q;;;4*+1/p-3. The maximum absolute atomic E-state index is 11.9. The number of aryl methyl sites for hydroxylation is 1. The number of hydrogen-bond acceptors (Lipinski definition) is 13. The average molecular weight is 639 g/mol. The van der Waals surface area contributed by atoms with Crippen molar-refractivity contribution in [3.05, 3.63) is 76.3 Å². The van der Waals surface area contributed by atoms with Crippen LogP contribution in [-0.2, 0) is 9.59 Å². The number of benzene rings is 4. The molecule has 0 atom stereocenters. The summed E-state index contributed by atoms with van der Waals surface area (Å²) in [5.74, 6) is -1.22. The van der Waals surface area contributed by atoms with Gasteiger partial charge in [0.1, 0.15) is 18.2 Å². The molecular formula is C28H11N4Na4O9+. The van der Waals surface area contributed by atoms with Crippen LogP contribution in [0.15, 0.2) is 48.5 Å². The van der Waals surface area contributed by atoms with Crippen molar-refractivity contribution in [2.75, 3.05) is 0 Å². The van der Waals surface area contributed by atoms with Gasteiger partial charge in [-0.1, -0.05) is 54.3 Å². The molecule has 0 aliphatic carbocycles. The van der Waals surface area contributed by atoms with Crippen LogP contribution >= 0.6 is 0 Å². The van der Waals surface area contributed by atoms with E-state index in [0.717, 1.165) is 5.39 Å². The summed E-state index contributed by atoms with van der Waals surface area (Å²) in [5.41, 5.74) is -0.151. The van der Waals surface area contributed by atoms with E-state index in [0.29, 0.717) is 10.9 Å². The zero-order valence-corrected chi connectivity index (χ0v) is 32.6. The Morgan fingerprint density at radius 1 is 0.600 bits per heavy atom. The Bertz CT molecular complexity index is 1790. The number of fused-ring (bicyclic) bond motifs is 2. The molecule has 0 heterocycles. The van der Waals surface area contributed by atoms with Crippen molar-refractivity contribution in [2.24, 2.45) is 0 Å². The third-order valence-electron chi connectivity index (χ3n) is 5.37. The minimum Gasteiger partial charge on any atom is -0.871 e. The Kier molecular flexibility index (Phi) is 23.3. The SMILES string of the molecule is Cc1c(C#N)c(C#N)c([O-])c2ccccc12.N#Cc1c(C#N)c(OC(=O)[O-])c2ccccc2c1OC(=O)[O-].O=C=O.[Na+].[Na+].[Na+].[Na+]. The molecule has 17 heteroatoms. The molecule has 13 nitrogen and oxygen atoms in total. The van der Waals surface area contributed by atoms with Crippen molar-refractivity contribution in [1.82, 2.24) is 0 Å². The molecule has 4 aromatic rings. The quantitative estimate of drug-likeness (QED) is 0.112. The van der Waals surface area contributed by atoms with Gasteiger partial charge in [-0.15, -0.1) is 0 Å². The molecule has 0 saturated carbocycles. The van der Waals surface area contributed by atoms with Crippen LogP contribution in [-0.4, -0.2) is 18.5 Å². The van der Waals surface area contributed by atoms with Crippen LogP contribution in [0.5, 0.6) is 17.2 Å². The third-order valence-corrected chi connectivity index (χ3v) is 5.37. The van der Waals surface area contributed by atoms with Gasteiger partial charge in [0, 0.05) is 10.8 Å². The molecule has 0 bridgehead atoms. The molecule has 4 rings (SSSR count). The van der Waals surface area contributed by atoms with E-state index < -0.39 is 34.9 Å². The summed E-state index contributed by atoms with van der Waals surface area (Å²) in [6.45, 7) is 1.75. The van der Waals surface area contributed by atoms with Crippen molar-refractivity contribution >= 4 is 40.0 Å². The van der Waals surface area contributed by atoms with Crippen LogP contribution in [0.25, 0.3) is 21.5 Å². The van der Waals surface area contributed by atoms with Crippen LogP contribution < -0.4 is 143 Å². The van der Waals surface area contributed by atoms with Gasteiger partial charge in [-0.25, -0.2) is 0 Å². The van der Waals surface area contributed by atoms with Crippen molar-refractivity contribution in [2.45, 2.75) is 6.92 Å². The van der Waals surface area contributed by atoms with Crippen molar-refractivity contribution in [3.8, 4) is 41.5 Å². The van der Waals surface area contributed by atoms with Crippen LogP contribution in [0.4, 0.5) is 9.59 Å². The molecule has 0 N–H and O–H groups in total. The van der Waals surface area contributed by atoms with Crippen molar-refractivity contribution in [1.29, 1.82) is 21.0 Å². The molecule has 0 radical (unpaired) electrons. The normalized spacial score (nSPS) is 8.29. The molecule has 0 aliphatic rings. The minimum absolute atomic E-state index is 0. The second-order valence-corrected chi connectivity index (χ2v) is 7.44. The molecule has 0 saturated heterocycles. The van der Waals surface area contributed by atoms with E-state index in [1.807, 2.05) is 18.2 Å². The molecule has 0 aromatic heterocycles. The Labute approximate surface area is 343 Å². The summed E-state index contributed by atoms with van der Waals surface area (Å²) in [5, 5.41) is 70.8. The van der Waals surface area contributed by atoms with Crippen LogP contribution in [0.1, 0.15) is 27.8 Å². The zero-order chi connectivity index (χ0) is 30.7. The number of carbonyl (C=O) groups excluding carboxylic acids is 4. The van der Waals surface area contributed by atoms with Gasteiger partial charge in [0.2, 0.25) is 0 Å². The fourth-order valence-corrected chi connectivity index (χ4v) is 3.79. The number of rotatable bonds is 2. The van der Waals surface area contributed by atoms with E-state index >= 15 is 0 Å². The van der Waals surface area contributed by atoms with E-state index in [2.05, 4.69) is 9.47 Å². The predicted octanol–water partition coefficient (Wildman–Crippen LogP) is -10.6. The predicted molar refractivity (Wildman–Crippen MR) is 128 cm³/mol. The summed E-state index contributed by atoms with van der Waals surface area (Å²) in [4.78, 5) is 37.6. The van der Waals surface area contributed by atoms with E-state index in [1.54, 1.807) is 37.3 Å². The van der Waals surface area contributed by atoms with E-state index in [1.165, 1.54) is 24.3 Å². The molecule has 0 amide bonds. The Morgan fingerprint density at radius 3 is 1.22 bits per heavy atom. The third kappa shape index (κ3) is 11.1. The van der Waals surface area contributed by atoms with Crippen molar-refractivity contribution in [3.63, 3.8) is 0 Å². The number of nitriles is 4. The Hall–Kier alpha value is -2.92. The number of carboxylic acid groups (broad SMARTS) is 2. The second kappa shape index (κ2) is 22.6. The molecule has 4 aromatic carbocycles. The van der Waals surface area contributed by atoms with Gasteiger partial charge >= 0.3 is 124 Å². The second-order valence-electron chi connectivity index (χ2n) is 7.44. The van der Waals surface area contributed by atoms with Gasteiger partial charge in [0.25, 0.3) is 12.3 Å². The summed E-state index contributed by atoms with van der Waals surface area (Å²) in [6, 6.07) is 19.7. The molecule has 0 fully saturated rings. The van der Waals surface area contributed by atoms with Gasteiger partial charge in [-0.05, 0) is 23.3 Å². The number of nitrogens with zero attached hydrogens (tertiary/aromatic N) is 4. The molecule has 200 valence electrons. The number of ether oxygens (including phenoxy) is 2. The van der Waals surface area contributed by atoms with Gasteiger partial charge < -0.3 is 34.4 Å². The molecule has 45 heavy (non-hydrogen) atoms. The smallest absolute Gasteiger partial charge is 0.871 e. The molecule has 0 aliphatic heterocycles. The summed E-state index contributed by atoms with van der Waals surface area (Å²) in [6.07, 6.45) is -3.61. The van der Waals surface area contributed by atoms with Gasteiger partial charge in [0.15, 0.2) is 0 Å². The Morgan fingerprint density at radius 2 is 0.911 bits per heavy atom. The minimum atomic E-state index is -1.93. The topological polar surface area (TPSA) is 251 Å². The fourth-order valence-electron chi connectivity index (χ4n) is 3.79. The number of hydrogen-bond donors (Lipinski definition) is 0. The fraction of sp³-hybridized carbons (Fsp3) is 0.0357. The monoisotopic (exact) mass is 639 g/mol. The van der Waals surface area contributed by atoms with Crippen molar-refractivity contribution < 1.29 is 162 Å². The maximum Gasteiger partial charge on any atom is 1.00 e. The van der Waals surface area contributed by atoms with Gasteiger partial charge in [-0.2, -0.15) is 30.6 Å². The largest absolute Gasteiger partial charge is 1.00 e. The first-order valence-corrected chi connectivity index (χ1v) is 10.8. The molecule has 0 unspecified atom stereocenters.